The van der Waals surface area contributed by atoms with Crippen LogP contribution in [0.4, 0.5) is 0 Å². The minimum absolute atomic E-state index is 0.102. The zero-order valence-corrected chi connectivity index (χ0v) is 77.8. The normalized spacial score (nSPS) is 12.2. The highest BCUT2D eigenvalue weighted by Crippen LogP contribution is 2.48. The topological polar surface area (TPSA) is 155 Å². The van der Waals surface area contributed by atoms with E-state index in [-0.39, 0.29) is 17.6 Å². The van der Waals surface area contributed by atoms with Crippen LogP contribution in [-0.4, -0.2) is 44.9 Å². The first kappa shape index (κ1) is 77.9. The molecule has 0 N–H and O–H groups in total. The Morgan fingerprint density at radius 3 is 0.859 bits per heavy atom. The van der Waals surface area contributed by atoms with E-state index in [0.717, 1.165) is 147 Å². The highest BCUT2D eigenvalue weighted by molar-refractivity contribution is 7.27. The first-order valence-corrected chi connectivity index (χ1v) is 49.1. The second kappa shape index (κ2) is 35.1. The summed E-state index contributed by atoms with van der Waals surface area (Å²) in [5.41, 5.74) is 19.6. The summed E-state index contributed by atoms with van der Waals surface area (Å²) in [5.74, 6) is 5.00. The van der Waals surface area contributed by atoms with Gasteiger partial charge in [-0.25, -0.2) is 44.9 Å². The SMILES string of the molecule is [2H]c1c([2H])c([2H])c(-c2cc(-c3nc(-c4ccccc4)nc(-c4ccc5c(c4)oc4ccccc45)n3)cc(-c3cccc4c3sc3ccccc34)c2)c([2H])c1[2H].c1ccc(-c2nc(-c3ccc(-c4cccc5c4sc4ccccc45)cc3)nc(-c3ccc4c(c3)oc3ccccc34)n2)cc1.c1ccc(-c2nc(-c3ccc4c(c3)oc3ccccc34)nc(-c3ccc(-c4cccc5c4sc4ccccc45)c4ccccc34)n2)cc1. The van der Waals surface area contributed by atoms with Crippen molar-refractivity contribution in [1.82, 2.24) is 44.9 Å². The molecule has 0 unspecified atom stereocenters. The maximum atomic E-state index is 8.91. The fourth-order valence-electron chi connectivity index (χ4n) is 19.5. The Morgan fingerprint density at radius 1 is 0.155 bits per heavy atom. The highest BCUT2D eigenvalue weighted by atomic mass is 32.1. The molecule has 0 radical (unpaired) electrons. The molecule has 664 valence electrons. The van der Waals surface area contributed by atoms with Crippen LogP contribution in [-0.2, 0) is 0 Å². The number of benzene rings is 20. The molecule has 0 bridgehead atoms. The van der Waals surface area contributed by atoms with Crippen molar-refractivity contribution in [2.75, 3.05) is 0 Å². The second-order valence-electron chi connectivity index (χ2n) is 34.9. The van der Waals surface area contributed by atoms with E-state index in [1.165, 1.54) is 62.6 Å². The van der Waals surface area contributed by atoms with Gasteiger partial charge in [-0.1, -0.05) is 358 Å². The van der Waals surface area contributed by atoms with Gasteiger partial charge in [-0.15, -0.1) is 34.0 Å². The summed E-state index contributed by atoms with van der Waals surface area (Å²) in [6.45, 7) is 0. The van der Waals surface area contributed by atoms with Crippen molar-refractivity contribution in [2.45, 2.75) is 0 Å². The van der Waals surface area contributed by atoms with Crippen LogP contribution in [0.5, 0.6) is 0 Å². The van der Waals surface area contributed by atoms with Gasteiger partial charge in [0, 0.05) is 148 Å². The third kappa shape index (κ3) is 15.1. The zero-order valence-electron chi connectivity index (χ0n) is 80.4. The third-order valence-electron chi connectivity index (χ3n) is 26.3. The molecule has 0 aliphatic carbocycles. The summed E-state index contributed by atoms with van der Waals surface area (Å²) in [5, 5.41) is 16.1. The summed E-state index contributed by atoms with van der Waals surface area (Å²) < 4.78 is 69.1. The predicted molar refractivity (Wildman–Crippen MR) is 588 cm³/mol. The van der Waals surface area contributed by atoms with E-state index >= 15 is 0 Å². The van der Waals surface area contributed by atoms with Gasteiger partial charge in [-0.2, -0.15) is 0 Å². The molecule has 0 saturated carbocycles. The fraction of sp³-hybridized carbons (Fsp3) is 0. The standard InChI is InChI=1S/C45H27N3OS.C43H25N3OS.C39H23N3OS/c1-3-12-28(13-4-1)31-24-32(34-18-11-19-38-37-17-8-10-21-41(37)50-42(34)38)26-33(25-31)45-47-43(29-14-5-2-6-15-29)46-44(48-45)30-22-23-36-35-16-7-9-20-39(35)49-40(36)27-30;1-2-11-26(12-3-1)41-44-42(27-21-22-32-31-15-6-8-19-37(31)47-38(32)25-27)46-43(45-41)36-24-23-30(28-13-4-5-14-29(28)36)34-17-10-18-35-33-16-7-9-20-39(33)48-40(34)35;1-2-9-25(10-3-1)37-40-38(42-39(41-37)27-21-22-30-29-11-4-6-15-33(29)43-34(30)23-27)26-19-17-24(18-20-26)28-13-8-14-32-31-12-5-7-16-35(31)44-36(28)32/h1-27H;1-25H;1-23H/i1D,3D,4D,12D,13D;;. The van der Waals surface area contributed by atoms with Crippen LogP contribution in [0.1, 0.15) is 6.85 Å². The summed E-state index contributed by atoms with van der Waals surface area (Å²) in [6.07, 6.45) is 0. The summed E-state index contributed by atoms with van der Waals surface area (Å²) >= 11 is 5.39. The smallest absolute Gasteiger partial charge is 0.164 e. The quantitative estimate of drug-likeness (QED) is 0.108. The van der Waals surface area contributed by atoms with Crippen LogP contribution in [0, 0.1) is 0 Å². The van der Waals surface area contributed by atoms with Crippen LogP contribution in [0.3, 0.4) is 0 Å². The van der Waals surface area contributed by atoms with Crippen molar-refractivity contribution in [2.24, 2.45) is 0 Å². The molecule has 0 fully saturated rings. The Labute approximate surface area is 831 Å². The van der Waals surface area contributed by atoms with Gasteiger partial charge in [0.15, 0.2) is 52.4 Å². The Bertz CT molecular complexity index is 10400. The molecule has 29 rings (SSSR count). The molecular weight excluding hydrogens is 1800 g/mol. The molecule has 20 aromatic carbocycles. The first-order valence-electron chi connectivity index (χ1n) is 49.2. The molecule has 15 heteroatoms. The van der Waals surface area contributed by atoms with Crippen LogP contribution in [0.25, 0.3) is 284 Å². The average molecular weight is 1880 g/mol. The number of nitrogens with zero attached hydrogens (tertiary/aromatic N) is 9. The van der Waals surface area contributed by atoms with Gasteiger partial charge in [0.05, 0.1) is 6.85 Å². The predicted octanol–water partition coefficient (Wildman–Crippen LogP) is 35.2. The number of hydrogen-bond acceptors (Lipinski definition) is 15. The molecule has 0 saturated heterocycles. The van der Waals surface area contributed by atoms with E-state index in [4.69, 9.17) is 65.0 Å². The second-order valence-corrected chi connectivity index (χ2v) is 38.0. The molecule has 9 heterocycles. The van der Waals surface area contributed by atoms with Gasteiger partial charge >= 0.3 is 0 Å². The van der Waals surface area contributed by atoms with E-state index in [1.54, 1.807) is 17.4 Å². The molecular formula is C127H75N9O3S3. The number of furan rings is 3. The summed E-state index contributed by atoms with van der Waals surface area (Å²) in [4.78, 5) is 45.1. The van der Waals surface area contributed by atoms with Crippen molar-refractivity contribution in [1.29, 1.82) is 0 Å². The zero-order chi connectivity index (χ0) is 98.0. The lowest BCUT2D eigenvalue weighted by atomic mass is 9.94. The first-order chi connectivity index (χ1) is 72.4. The Kier molecular flexibility index (Phi) is 19.2. The van der Waals surface area contributed by atoms with Gasteiger partial charge in [0.25, 0.3) is 0 Å². The minimum atomic E-state index is -0.443. The summed E-state index contributed by atoms with van der Waals surface area (Å²) in [6, 6.07) is 143. The molecule has 0 amide bonds. The van der Waals surface area contributed by atoms with Gasteiger partial charge in [0.2, 0.25) is 0 Å². The van der Waals surface area contributed by atoms with Crippen molar-refractivity contribution in [3.63, 3.8) is 0 Å². The molecule has 0 atom stereocenters. The van der Waals surface area contributed by atoms with Crippen LogP contribution < -0.4 is 0 Å². The largest absolute Gasteiger partial charge is 0.456 e. The van der Waals surface area contributed by atoms with E-state index in [9.17, 15) is 0 Å². The van der Waals surface area contributed by atoms with Crippen molar-refractivity contribution >= 4 is 171 Å². The minimum Gasteiger partial charge on any atom is -0.456 e. The van der Waals surface area contributed by atoms with Crippen LogP contribution in [0.2, 0.25) is 0 Å². The van der Waals surface area contributed by atoms with E-state index in [0.29, 0.717) is 69.1 Å². The Hall–Kier alpha value is -18.3. The maximum Gasteiger partial charge on any atom is 0.164 e. The molecule has 9 aromatic heterocycles. The molecule has 142 heavy (non-hydrogen) atoms. The van der Waals surface area contributed by atoms with Crippen molar-refractivity contribution in [3.8, 4) is 147 Å². The summed E-state index contributed by atoms with van der Waals surface area (Å²) in [7, 11) is 0. The van der Waals surface area contributed by atoms with E-state index < -0.39 is 18.1 Å². The lowest BCUT2D eigenvalue weighted by Crippen LogP contribution is -2.00. The van der Waals surface area contributed by atoms with Gasteiger partial charge in [-0.3, -0.25) is 0 Å². The third-order valence-corrected chi connectivity index (χ3v) is 30.0. The monoisotopic (exact) mass is 1870 g/mol. The number of rotatable bonds is 13. The number of thiophene rings is 3. The lowest BCUT2D eigenvalue weighted by molar-refractivity contribution is 0.668. The van der Waals surface area contributed by atoms with Crippen molar-refractivity contribution in [3.05, 3.63) is 455 Å². The highest BCUT2D eigenvalue weighted by Gasteiger charge is 2.25. The van der Waals surface area contributed by atoms with Gasteiger partial charge in [0.1, 0.15) is 33.5 Å². The van der Waals surface area contributed by atoms with Crippen LogP contribution >= 0.6 is 34.0 Å². The number of fused-ring (bicyclic) bond motifs is 19. The Morgan fingerprint density at radius 2 is 0.437 bits per heavy atom. The molecule has 29 aromatic rings. The number of hydrogen-bond donors (Lipinski definition) is 0. The van der Waals surface area contributed by atoms with Gasteiger partial charge < -0.3 is 13.3 Å². The Balaban J connectivity index is 0.000000110. The maximum absolute atomic E-state index is 8.91. The fourth-order valence-corrected chi connectivity index (χ4v) is 23.2. The van der Waals surface area contributed by atoms with E-state index in [1.807, 2.05) is 235 Å². The number of para-hydroxylation sites is 3. The van der Waals surface area contributed by atoms with Gasteiger partial charge in [-0.05, 0) is 147 Å². The lowest BCUT2D eigenvalue weighted by Gasteiger charge is -2.13. The van der Waals surface area contributed by atoms with E-state index in [2.05, 4.69) is 206 Å². The van der Waals surface area contributed by atoms with Crippen LogP contribution in [0.15, 0.2) is 468 Å². The van der Waals surface area contributed by atoms with Crippen molar-refractivity contribution < 1.29 is 20.1 Å². The molecule has 0 spiro atoms. The molecule has 0 aliphatic heterocycles. The molecule has 0 aliphatic rings. The number of aromatic nitrogens is 9. The molecule has 12 nitrogen and oxygen atoms in total. The average Bonchev–Trinajstić information content (AvgIpc) is 1.58.